The fraction of sp³-hybridized carbons (Fsp3) is 0.235. The van der Waals surface area contributed by atoms with Crippen LogP contribution in [0.1, 0.15) is 30.4 Å². The van der Waals surface area contributed by atoms with E-state index in [0.29, 0.717) is 6.61 Å². The Hall–Kier alpha value is -2.09. The van der Waals surface area contributed by atoms with Gasteiger partial charge < -0.3 is 4.74 Å². The highest BCUT2D eigenvalue weighted by Crippen LogP contribution is 2.27. The molecule has 0 atom stereocenters. The van der Waals surface area contributed by atoms with E-state index in [2.05, 4.69) is 24.3 Å². The lowest BCUT2D eigenvalue weighted by molar-refractivity contribution is -0.141. The van der Waals surface area contributed by atoms with Crippen molar-refractivity contribution in [2.45, 2.75) is 19.3 Å². The maximum atomic E-state index is 10.9. The molecule has 0 spiro atoms. The predicted molar refractivity (Wildman–Crippen MR) is 76.0 cm³/mol. The summed E-state index contributed by atoms with van der Waals surface area (Å²) < 4.78 is 5.08. The molecule has 2 heteroatoms. The number of rotatable bonds is 5. The fourth-order valence-corrected chi connectivity index (χ4v) is 2.22. The molecule has 0 saturated carbocycles. The molecule has 2 aromatic carbocycles. The zero-order chi connectivity index (χ0) is 13.5. The Morgan fingerprint density at radius 1 is 0.947 bits per heavy atom. The lowest BCUT2D eigenvalue weighted by Gasteiger charge is -2.17. The van der Waals surface area contributed by atoms with Crippen molar-refractivity contribution in [2.75, 3.05) is 6.61 Å². The Kier molecular flexibility index (Phi) is 4.73. The van der Waals surface area contributed by atoms with Gasteiger partial charge in [-0.15, -0.1) is 0 Å². The number of esters is 1. The minimum Gasteiger partial charge on any atom is -0.466 e. The summed E-state index contributed by atoms with van der Waals surface area (Å²) in [5.41, 5.74) is 2.50. The van der Waals surface area contributed by atoms with Crippen LogP contribution in [-0.2, 0) is 9.53 Å². The first kappa shape index (κ1) is 13.3. The van der Waals surface area contributed by atoms with Crippen LogP contribution in [0.25, 0.3) is 0 Å². The molecule has 0 fully saturated rings. The number of ether oxygens (including phenoxy) is 1. The van der Waals surface area contributed by atoms with E-state index in [-0.39, 0.29) is 11.9 Å². The van der Waals surface area contributed by atoms with Gasteiger partial charge in [0.05, 0.1) is 6.61 Å². The van der Waals surface area contributed by atoms with E-state index in [4.69, 9.17) is 4.74 Å². The van der Waals surface area contributed by atoms with Crippen molar-refractivity contribution < 1.29 is 9.53 Å². The van der Waals surface area contributed by atoms with Crippen LogP contribution in [0, 0.1) is 0 Å². The second-order valence-electron chi connectivity index (χ2n) is 4.50. The summed E-state index contributed by atoms with van der Waals surface area (Å²) in [5, 5.41) is 0. The van der Waals surface area contributed by atoms with Crippen molar-refractivity contribution in [3.8, 4) is 0 Å². The highest BCUT2D eigenvalue weighted by molar-refractivity contribution is 5.65. The molecule has 2 aromatic rings. The normalized spacial score (nSPS) is 10.4. The van der Waals surface area contributed by atoms with Gasteiger partial charge in [0.15, 0.2) is 0 Å². The van der Waals surface area contributed by atoms with E-state index in [9.17, 15) is 4.79 Å². The molecule has 0 amide bonds. The molecule has 0 saturated heterocycles. The quantitative estimate of drug-likeness (QED) is 0.759. The molecule has 0 aromatic heterocycles. The number of benzene rings is 2. The monoisotopic (exact) mass is 254 g/mol. The summed E-state index contributed by atoms with van der Waals surface area (Å²) in [6, 6.07) is 20.6. The highest BCUT2D eigenvalue weighted by atomic mass is 16.5. The maximum absolute atomic E-state index is 10.9. The first-order chi connectivity index (χ1) is 9.27. The second-order valence-corrected chi connectivity index (χ2v) is 4.50. The smallest absolute Gasteiger partial charge is 0.302 e. The number of hydrogen-bond acceptors (Lipinski definition) is 2. The molecular formula is C17H18O2. The van der Waals surface area contributed by atoms with Crippen LogP contribution in [0.4, 0.5) is 0 Å². The Bertz CT molecular complexity index is 466. The summed E-state index contributed by atoms with van der Waals surface area (Å²) in [6.45, 7) is 1.89. The predicted octanol–water partition coefficient (Wildman–Crippen LogP) is 3.77. The Balaban J connectivity index is 2.17. The van der Waals surface area contributed by atoms with Crippen LogP contribution in [0.3, 0.4) is 0 Å². The van der Waals surface area contributed by atoms with Crippen molar-refractivity contribution >= 4 is 5.97 Å². The molecule has 19 heavy (non-hydrogen) atoms. The van der Waals surface area contributed by atoms with E-state index in [0.717, 1.165) is 6.42 Å². The zero-order valence-electron chi connectivity index (χ0n) is 11.1. The van der Waals surface area contributed by atoms with Gasteiger partial charge in [-0.2, -0.15) is 0 Å². The van der Waals surface area contributed by atoms with E-state index >= 15 is 0 Å². The number of hydrogen-bond donors (Lipinski definition) is 0. The van der Waals surface area contributed by atoms with Gasteiger partial charge in [-0.25, -0.2) is 0 Å². The molecule has 0 heterocycles. The van der Waals surface area contributed by atoms with Crippen molar-refractivity contribution in [1.29, 1.82) is 0 Å². The number of carbonyl (C=O) groups excluding carboxylic acids is 1. The van der Waals surface area contributed by atoms with Crippen LogP contribution in [0.2, 0.25) is 0 Å². The number of carbonyl (C=O) groups is 1. The third-order valence-electron chi connectivity index (χ3n) is 3.12. The highest BCUT2D eigenvalue weighted by Gasteiger charge is 2.13. The summed E-state index contributed by atoms with van der Waals surface area (Å²) in [7, 11) is 0. The van der Waals surface area contributed by atoms with E-state index in [1.165, 1.54) is 18.1 Å². The Labute approximate surface area is 114 Å². The topological polar surface area (TPSA) is 26.3 Å². The van der Waals surface area contributed by atoms with Crippen LogP contribution < -0.4 is 0 Å². The van der Waals surface area contributed by atoms with Gasteiger partial charge in [-0.1, -0.05) is 60.7 Å². The molecule has 0 radical (unpaired) electrons. The van der Waals surface area contributed by atoms with Gasteiger partial charge in [0.25, 0.3) is 0 Å². The zero-order valence-corrected chi connectivity index (χ0v) is 11.1. The molecule has 0 N–H and O–H groups in total. The van der Waals surface area contributed by atoms with Crippen LogP contribution in [0.5, 0.6) is 0 Å². The van der Waals surface area contributed by atoms with Gasteiger partial charge in [-0.3, -0.25) is 4.79 Å². The van der Waals surface area contributed by atoms with E-state index < -0.39 is 0 Å². The van der Waals surface area contributed by atoms with Crippen LogP contribution in [-0.4, -0.2) is 12.6 Å². The van der Waals surface area contributed by atoms with Crippen molar-refractivity contribution in [3.05, 3.63) is 71.8 Å². The average Bonchev–Trinajstić information content (AvgIpc) is 2.45. The lowest BCUT2D eigenvalue weighted by atomic mass is 9.89. The van der Waals surface area contributed by atoms with Crippen molar-refractivity contribution in [2.24, 2.45) is 0 Å². The molecule has 2 nitrogen and oxygen atoms in total. The average molecular weight is 254 g/mol. The minimum atomic E-state index is -0.222. The van der Waals surface area contributed by atoms with E-state index in [1.807, 2.05) is 36.4 Å². The van der Waals surface area contributed by atoms with Gasteiger partial charge in [0, 0.05) is 12.8 Å². The first-order valence-electron chi connectivity index (χ1n) is 6.50. The van der Waals surface area contributed by atoms with Gasteiger partial charge in [0.1, 0.15) is 0 Å². The van der Waals surface area contributed by atoms with Crippen LogP contribution >= 0.6 is 0 Å². The van der Waals surface area contributed by atoms with E-state index in [1.54, 1.807) is 0 Å². The van der Waals surface area contributed by atoms with Gasteiger partial charge >= 0.3 is 5.97 Å². The summed E-state index contributed by atoms with van der Waals surface area (Å²) in [5.74, 6) is 0.0432. The molecule has 0 unspecified atom stereocenters. The fourth-order valence-electron chi connectivity index (χ4n) is 2.22. The second kappa shape index (κ2) is 6.74. The molecule has 0 bridgehead atoms. The molecule has 98 valence electrons. The molecule has 0 aliphatic heterocycles. The Morgan fingerprint density at radius 3 is 1.84 bits per heavy atom. The largest absolute Gasteiger partial charge is 0.466 e. The summed E-state index contributed by atoms with van der Waals surface area (Å²) in [6.07, 6.45) is 0.799. The van der Waals surface area contributed by atoms with Gasteiger partial charge in [-0.05, 0) is 17.5 Å². The molecular weight excluding hydrogens is 236 g/mol. The third-order valence-corrected chi connectivity index (χ3v) is 3.12. The standard InChI is InChI=1S/C17H18O2/c1-14(18)19-13-12-17(15-8-4-2-5-9-15)16-10-6-3-7-11-16/h2-11,17H,12-13H2,1H3. The first-order valence-corrected chi connectivity index (χ1v) is 6.50. The van der Waals surface area contributed by atoms with Crippen molar-refractivity contribution in [3.63, 3.8) is 0 Å². The maximum Gasteiger partial charge on any atom is 0.302 e. The van der Waals surface area contributed by atoms with Gasteiger partial charge in [0.2, 0.25) is 0 Å². The molecule has 2 rings (SSSR count). The third kappa shape index (κ3) is 3.95. The SMILES string of the molecule is CC(=O)OCCC(c1ccccc1)c1ccccc1. The lowest BCUT2D eigenvalue weighted by Crippen LogP contribution is -2.08. The summed E-state index contributed by atoms with van der Waals surface area (Å²) in [4.78, 5) is 10.9. The Morgan fingerprint density at radius 2 is 1.42 bits per heavy atom. The van der Waals surface area contributed by atoms with Crippen molar-refractivity contribution in [1.82, 2.24) is 0 Å². The molecule has 0 aliphatic rings. The minimum absolute atomic E-state index is 0.222. The summed E-state index contributed by atoms with van der Waals surface area (Å²) >= 11 is 0. The molecule has 0 aliphatic carbocycles. The van der Waals surface area contributed by atoms with Crippen LogP contribution in [0.15, 0.2) is 60.7 Å².